The number of aryl methyl sites for hydroxylation is 2. The lowest BCUT2D eigenvalue weighted by Gasteiger charge is -2.33. The first-order valence-corrected chi connectivity index (χ1v) is 12.0. The Morgan fingerprint density at radius 3 is 2.35 bits per heavy atom. The Morgan fingerprint density at radius 2 is 1.65 bits per heavy atom. The number of nitrogens with zero attached hydrogens (tertiary/aromatic N) is 2. The van der Waals surface area contributed by atoms with Crippen molar-refractivity contribution in [1.82, 2.24) is 14.8 Å². The molecular formula is C28H31N3O3. The number of rotatable bonds is 7. The van der Waals surface area contributed by atoms with Crippen molar-refractivity contribution in [3.05, 3.63) is 106 Å². The molecule has 0 saturated carbocycles. The SMILES string of the molecule is CCNC(=O)c1cn(CCc2ccccc2)cc(C(=O)N2CCC[C@H](c3ccccc3)C2)c1=O. The molecule has 4 rings (SSSR count). The van der Waals surface area contributed by atoms with Gasteiger partial charge < -0.3 is 14.8 Å². The summed E-state index contributed by atoms with van der Waals surface area (Å²) in [5, 5.41) is 2.70. The van der Waals surface area contributed by atoms with Gasteiger partial charge in [-0.05, 0) is 37.3 Å². The Kier molecular flexibility index (Phi) is 7.58. The molecular weight excluding hydrogens is 426 g/mol. The highest BCUT2D eigenvalue weighted by molar-refractivity contribution is 5.99. The van der Waals surface area contributed by atoms with E-state index in [1.54, 1.807) is 28.8 Å². The number of amides is 2. The van der Waals surface area contributed by atoms with Crippen LogP contribution in [0.3, 0.4) is 0 Å². The quantitative estimate of drug-likeness (QED) is 0.586. The number of piperidine rings is 1. The topological polar surface area (TPSA) is 71.4 Å². The third-order valence-electron chi connectivity index (χ3n) is 6.37. The minimum atomic E-state index is -0.506. The Hall–Kier alpha value is -3.67. The first kappa shape index (κ1) is 23.5. The Bertz CT molecular complexity index is 1190. The molecule has 1 fully saturated rings. The number of hydrogen-bond acceptors (Lipinski definition) is 3. The van der Waals surface area contributed by atoms with Gasteiger partial charge in [0.25, 0.3) is 11.8 Å². The average molecular weight is 458 g/mol. The molecule has 34 heavy (non-hydrogen) atoms. The zero-order valence-electron chi connectivity index (χ0n) is 19.6. The smallest absolute Gasteiger partial charge is 0.259 e. The fourth-order valence-electron chi connectivity index (χ4n) is 4.56. The van der Waals surface area contributed by atoms with E-state index in [0.717, 1.165) is 24.8 Å². The fourth-order valence-corrected chi connectivity index (χ4v) is 4.56. The molecule has 1 aliphatic heterocycles. The van der Waals surface area contributed by atoms with Crippen LogP contribution in [-0.4, -0.2) is 40.9 Å². The van der Waals surface area contributed by atoms with Gasteiger partial charge >= 0.3 is 0 Å². The molecule has 0 aliphatic carbocycles. The van der Waals surface area contributed by atoms with Crippen molar-refractivity contribution in [2.75, 3.05) is 19.6 Å². The van der Waals surface area contributed by atoms with Gasteiger partial charge in [-0.15, -0.1) is 0 Å². The van der Waals surface area contributed by atoms with Crippen LogP contribution in [0.5, 0.6) is 0 Å². The van der Waals surface area contributed by atoms with E-state index in [0.29, 0.717) is 26.2 Å². The third-order valence-corrected chi connectivity index (χ3v) is 6.37. The van der Waals surface area contributed by atoms with Crippen molar-refractivity contribution in [3.8, 4) is 0 Å². The Labute approximate surface area is 200 Å². The van der Waals surface area contributed by atoms with Gasteiger partial charge in [-0.25, -0.2) is 0 Å². The summed E-state index contributed by atoms with van der Waals surface area (Å²) in [6.45, 7) is 3.95. The minimum absolute atomic E-state index is 0.0115. The molecule has 1 N–H and O–H groups in total. The lowest BCUT2D eigenvalue weighted by atomic mass is 9.90. The second-order valence-corrected chi connectivity index (χ2v) is 8.75. The molecule has 6 heteroatoms. The van der Waals surface area contributed by atoms with Gasteiger partial charge in [0.05, 0.1) is 0 Å². The van der Waals surface area contributed by atoms with Crippen molar-refractivity contribution < 1.29 is 9.59 Å². The Balaban J connectivity index is 1.62. The first-order chi connectivity index (χ1) is 16.6. The van der Waals surface area contributed by atoms with E-state index in [1.807, 2.05) is 48.5 Å². The highest BCUT2D eigenvalue weighted by Gasteiger charge is 2.28. The summed E-state index contributed by atoms with van der Waals surface area (Å²) in [5.74, 6) is -0.507. The van der Waals surface area contributed by atoms with Crippen molar-refractivity contribution >= 4 is 11.8 Å². The molecule has 2 aromatic carbocycles. The van der Waals surface area contributed by atoms with Crippen LogP contribution in [0, 0.1) is 0 Å². The van der Waals surface area contributed by atoms with Gasteiger partial charge in [0.15, 0.2) is 0 Å². The fraction of sp³-hybridized carbons (Fsp3) is 0.321. The molecule has 176 valence electrons. The van der Waals surface area contributed by atoms with E-state index in [9.17, 15) is 14.4 Å². The first-order valence-electron chi connectivity index (χ1n) is 12.0. The molecule has 6 nitrogen and oxygen atoms in total. The highest BCUT2D eigenvalue weighted by atomic mass is 16.2. The molecule has 1 atom stereocenters. The molecule has 0 bridgehead atoms. The van der Waals surface area contributed by atoms with Crippen LogP contribution in [0.4, 0.5) is 0 Å². The van der Waals surface area contributed by atoms with Crippen LogP contribution >= 0.6 is 0 Å². The van der Waals surface area contributed by atoms with Gasteiger partial charge in [-0.3, -0.25) is 14.4 Å². The number of hydrogen-bond donors (Lipinski definition) is 1. The van der Waals surface area contributed by atoms with Crippen LogP contribution in [0.15, 0.2) is 77.9 Å². The average Bonchev–Trinajstić information content (AvgIpc) is 2.89. The van der Waals surface area contributed by atoms with E-state index in [2.05, 4.69) is 17.4 Å². The van der Waals surface area contributed by atoms with Crippen LogP contribution in [0.1, 0.15) is 57.5 Å². The van der Waals surface area contributed by atoms with Crippen LogP contribution in [0.25, 0.3) is 0 Å². The molecule has 2 amide bonds. The van der Waals surface area contributed by atoms with Crippen LogP contribution in [0.2, 0.25) is 0 Å². The van der Waals surface area contributed by atoms with E-state index < -0.39 is 11.3 Å². The second-order valence-electron chi connectivity index (χ2n) is 8.75. The summed E-state index contributed by atoms with van der Waals surface area (Å²) in [6.07, 6.45) is 5.79. The number of carbonyl (C=O) groups is 2. The maximum absolute atomic E-state index is 13.5. The number of pyridine rings is 1. The van der Waals surface area contributed by atoms with Gasteiger partial charge in [0, 0.05) is 44.5 Å². The zero-order valence-corrected chi connectivity index (χ0v) is 19.6. The lowest BCUT2D eigenvalue weighted by molar-refractivity contribution is 0.0705. The summed E-state index contributed by atoms with van der Waals surface area (Å²) >= 11 is 0. The van der Waals surface area contributed by atoms with Crippen molar-refractivity contribution in [2.24, 2.45) is 0 Å². The number of benzene rings is 2. The van der Waals surface area contributed by atoms with Crippen LogP contribution in [-0.2, 0) is 13.0 Å². The molecule has 0 radical (unpaired) electrons. The summed E-state index contributed by atoms with van der Waals surface area (Å²) in [4.78, 5) is 41.2. The largest absolute Gasteiger partial charge is 0.352 e. The summed E-state index contributed by atoms with van der Waals surface area (Å²) in [6, 6.07) is 20.2. The summed E-state index contributed by atoms with van der Waals surface area (Å²) in [5.41, 5.74) is 1.92. The maximum Gasteiger partial charge on any atom is 0.259 e. The van der Waals surface area contributed by atoms with Gasteiger partial charge in [-0.1, -0.05) is 60.7 Å². The predicted octanol–water partition coefficient (Wildman–Crippen LogP) is 3.86. The van der Waals surface area contributed by atoms with Gasteiger partial charge in [-0.2, -0.15) is 0 Å². The molecule has 0 spiro atoms. The maximum atomic E-state index is 13.5. The van der Waals surface area contributed by atoms with Crippen molar-refractivity contribution in [2.45, 2.75) is 38.6 Å². The zero-order chi connectivity index (χ0) is 23.9. The van der Waals surface area contributed by atoms with Crippen LogP contribution < -0.4 is 10.7 Å². The molecule has 1 saturated heterocycles. The molecule has 1 aromatic heterocycles. The predicted molar refractivity (Wildman–Crippen MR) is 133 cm³/mol. The van der Waals surface area contributed by atoms with Crippen molar-refractivity contribution in [1.29, 1.82) is 0 Å². The normalized spacial score (nSPS) is 15.7. The van der Waals surface area contributed by atoms with Gasteiger partial charge in [0.2, 0.25) is 5.43 Å². The standard InChI is InChI=1S/C28H31N3O3/c1-2-29-27(33)24-19-30(17-15-21-10-5-3-6-11-21)20-25(26(24)32)28(34)31-16-9-14-23(18-31)22-12-7-4-8-13-22/h3-8,10-13,19-20,23H,2,9,14-18H2,1H3,(H,29,33)/t23-/m0/s1. The lowest BCUT2D eigenvalue weighted by Crippen LogP contribution is -2.42. The van der Waals surface area contributed by atoms with E-state index in [1.165, 1.54) is 5.56 Å². The number of aromatic nitrogens is 1. The summed E-state index contributed by atoms with van der Waals surface area (Å²) in [7, 11) is 0. The van der Waals surface area contributed by atoms with E-state index in [-0.39, 0.29) is 23.0 Å². The Morgan fingerprint density at radius 1 is 0.971 bits per heavy atom. The molecule has 0 unspecified atom stereocenters. The van der Waals surface area contributed by atoms with Crippen molar-refractivity contribution in [3.63, 3.8) is 0 Å². The molecule has 2 heterocycles. The highest BCUT2D eigenvalue weighted by Crippen LogP contribution is 2.27. The minimum Gasteiger partial charge on any atom is -0.352 e. The number of likely N-dealkylation sites (tertiary alicyclic amines) is 1. The second kappa shape index (κ2) is 11.0. The number of carbonyl (C=O) groups excluding carboxylic acids is 2. The molecule has 3 aromatic rings. The van der Waals surface area contributed by atoms with Gasteiger partial charge in [0.1, 0.15) is 11.1 Å². The third kappa shape index (κ3) is 5.45. The number of nitrogens with one attached hydrogen (secondary N) is 1. The monoisotopic (exact) mass is 457 g/mol. The summed E-state index contributed by atoms with van der Waals surface area (Å²) < 4.78 is 1.80. The molecule has 1 aliphatic rings. The van der Waals surface area contributed by atoms with E-state index >= 15 is 0 Å². The van der Waals surface area contributed by atoms with E-state index in [4.69, 9.17) is 0 Å².